The number of aromatic nitrogens is 2. The molecule has 0 N–H and O–H groups in total. The molecular formula is C24H21ClN4O3. The molecule has 7 nitrogen and oxygen atoms in total. The number of rotatable bonds is 3. The Hall–Kier alpha value is -3.58. The Morgan fingerprint density at radius 2 is 1.78 bits per heavy atom. The Morgan fingerprint density at radius 1 is 1.03 bits per heavy atom. The van der Waals surface area contributed by atoms with Crippen molar-refractivity contribution in [2.24, 2.45) is 0 Å². The van der Waals surface area contributed by atoms with E-state index in [4.69, 9.17) is 16.3 Å². The lowest BCUT2D eigenvalue weighted by atomic mass is 10.1. The molecule has 2 aromatic carbocycles. The number of fused-ring (bicyclic) bond motifs is 2. The number of ether oxygens (including phenoxy) is 1. The number of benzene rings is 2. The largest absolute Gasteiger partial charge is 0.497 e. The first-order valence-electron chi connectivity index (χ1n) is 10.3. The van der Waals surface area contributed by atoms with E-state index < -0.39 is 0 Å². The molecule has 0 saturated carbocycles. The highest BCUT2D eigenvalue weighted by Crippen LogP contribution is 2.22. The zero-order chi connectivity index (χ0) is 22.2. The second kappa shape index (κ2) is 8.16. The van der Waals surface area contributed by atoms with Gasteiger partial charge >= 0.3 is 0 Å². The fourth-order valence-electron chi connectivity index (χ4n) is 4.10. The molecule has 0 unspecified atom stereocenters. The van der Waals surface area contributed by atoms with Gasteiger partial charge in [0.15, 0.2) is 5.65 Å². The van der Waals surface area contributed by atoms with E-state index in [0.717, 1.165) is 24.5 Å². The van der Waals surface area contributed by atoms with E-state index in [2.05, 4.69) is 9.88 Å². The summed E-state index contributed by atoms with van der Waals surface area (Å²) in [5, 5.41) is 0.894. The van der Waals surface area contributed by atoms with Gasteiger partial charge in [-0.15, -0.1) is 0 Å². The summed E-state index contributed by atoms with van der Waals surface area (Å²) in [6.45, 7) is 2.61. The van der Waals surface area contributed by atoms with Crippen LogP contribution in [0.5, 0.6) is 5.75 Å². The Bertz CT molecular complexity index is 1380. The van der Waals surface area contributed by atoms with Crippen molar-refractivity contribution in [3.63, 3.8) is 0 Å². The molecule has 8 heteroatoms. The van der Waals surface area contributed by atoms with Crippen molar-refractivity contribution in [2.45, 2.75) is 0 Å². The second-order valence-electron chi connectivity index (χ2n) is 7.67. The molecule has 4 aromatic rings. The smallest absolute Gasteiger partial charge is 0.265 e. The quantitative estimate of drug-likeness (QED) is 0.449. The van der Waals surface area contributed by atoms with Gasteiger partial charge in [-0.3, -0.25) is 14.0 Å². The minimum atomic E-state index is -0.244. The number of hydrogen-bond donors (Lipinski definition) is 0. The Balaban J connectivity index is 1.42. The van der Waals surface area contributed by atoms with E-state index in [0.29, 0.717) is 40.2 Å². The van der Waals surface area contributed by atoms with E-state index >= 15 is 0 Å². The zero-order valence-electron chi connectivity index (χ0n) is 17.5. The highest BCUT2D eigenvalue weighted by molar-refractivity contribution is 6.31. The number of piperazine rings is 1. The van der Waals surface area contributed by atoms with Gasteiger partial charge in [0.05, 0.1) is 23.6 Å². The average molecular weight is 449 g/mol. The van der Waals surface area contributed by atoms with Crippen LogP contribution in [-0.4, -0.2) is 53.5 Å². The zero-order valence-corrected chi connectivity index (χ0v) is 18.2. The van der Waals surface area contributed by atoms with Gasteiger partial charge in [-0.05, 0) is 54.6 Å². The van der Waals surface area contributed by atoms with Crippen LogP contribution < -0.4 is 15.2 Å². The SMILES string of the molecule is COc1ccc(N2CCN(C(=O)c3cccn4c(=O)c5cc(Cl)ccc5nc34)CC2)cc1. The Morgan fingerprint density at radius 3 is 2.50 bits per heavy atom. The van der Waals surface area contributed by atoms with E-state index in [1.165, 1.54) is 4.40 Å². The van der Waals surface area contributed by atoms with Crippen LogP contribution in [0.4, 0.5) is 5.69 Å². The topological polar surface area (TPSA) is 67.2 Å². The monoisotopic (exact) mass is 448 g/mol. The van der Waals surface area contributed by atoms with Crippen molar-refractivity contribution in [3.8, 4) is 5.75 Å². The number of methoxy groups -OCH3 is 1. The summed E-state index contributed by atoms with van der Waals surface area (Å²) < 4.78 is 6.64. The van der Waals surface area contributed by atoms with Crippen molar-refractivity contribution in [1.82, 2.24) is 14.3 Å². The van der Waals surface area contributed by atoms with Crippen LogP contribution in [0.2, 0.25) is 5.02 Å². The van der Waals surface area contributed by atoms with E-state index in [9.17, 15) is 9.59 Å². The lowest BCUT2D eigenvalue weighted by Crippen LogP contribution is -2.49. The molecule has 0 radical (unpaired) electrons. The molecule has 0 aliphatic carbocycles. The van der Waals surface area contributed by atoms with Crippen molar-refractivity contribution < 1.29 is 9.53 Å². The minimum absolute atomic E-state index is 0.127. The molecule has 2 aromatic heterocycles. The molecule has 1 fully saturated rings. The highest BCUT2D eigenvalue weighted by atomic mass is 35.5. The van der Waals surface area contributed by atoms with E-state index in [1.54, 1.807) is 43.6 Å². The van der Waals surface area contributed by atoms with Gasteiger partial charge in [-0.25, -0.2) is 4.98 Å². The number of halogens is 1. The molecule has 1 saturated heterocycles. The van der Waals surface area contributed by atoms with Crippen LogP contribution >= 0.6 is 11.6 Å². The van der Waals surface area contributed by atoms with Gasteiger partial charge in [-0.2, -0.15) is 0 Å². The van der Waals surface area contributed by atoms with Crippen molar-refractivity contribution in [1.29, 1.82) is 0 Å². The number of hydrogen-bond acceptors (Lipinski definition) is 5. The summed E-state index contributed by atoms with van der Waals surface area (Å²) in [6, 6.07) is 16.3. The van der Waals surface area contributed by atoms with Gasteiger partial charge in [0.2, 0.25) is 0 Å². The van der Waals surface area contributed by atoms with Gasteiger partial charge in [0.25, 0.3) is 11.5 Å². The van der Waals surface area contributed by atoms with Crippen LogP contribution in [0, 0.1) is 0 Å². The van der Waals surface area contributed by atoms with Crippen molar-refractivity contribution >= 4 is 39.7 Å². The standard InChI is InChI=1S/C24H21ClN4O3/c1-32-18-7-5-17(6-8-18)27-11-13-28(14-12-27)23(30)19-3-2-10-29-22(19)26-21-9-4-16(25)15-20(21)24(29)31/h2-10,15H,11-14H2,1H3. The minimum Gasteiger partial charge on any atom is -0.497 e. The van der Waals surface area contributed by atoms with Crippen molar-refractivity contribution in [2.75, 3.05) is 38.2 Å². The third kappa shape index (κ3) is 3.54. The fourth-order valence-corrected chi connectivity index (χ4v) is 4.27. The van der Waals surface area contributed by atoms with Crippen LogP contribution in [0.3, 0.4) is 0 Å². The van der Waals surface area contributed by atoms with Crippen LogP contribution in [0.1, 0.15) is 10.4 Å². The predicted octanol–water partition coefficient (Wildman–Crippen LogP) is 3.47. The fraction of sp³-hybridized carbons (Fsp3) is 0.208. The van der Waals surface area contributed by atoms with Crippen molar-refractivity contribution in [3.05, 3.63) is 81.7 Å². The molecule has 3 heterocycles. The summed E-state index contributed by atoms with van der Waals surface area (Å²) in [7, 11) is 1.65. The van der Waals surface area contributed by atoms with Gasteiger partial charge in [0.1, 0.15) is 5.75 Å². The number of amides is 1. The molecule has 32 heavy (non-hydrogen) atoms. The number of pyridine rings is 1. The first kappa shape index (κ1) is 20.3. The lowest BCUT2D eigenvalue weighted by Gasteiger charge is -2.36. The molecule has 5 rings (SSSR count). The van der Waals surface area contributed by atoms with Crippen LogP contribution in [0.25, 0.3) is 16.6 Å². The van der Waals surface area contributed by atoms with Crippen LogP contribution in [0.15, 0.2) is 65.6 Å². The molecule has 0 spiro atoms. The molecule has 1 amide bonds. The maximum absolute atomic E-state index is 13.4. The average Bonchev–Trinajstić information content (AvgIpc) is 2.84. The number of carbonyl (C=O) groups is 1. The summed E-state index contributed by atoms with van der Waals surface area (Å²) >= 11 is 6.05. The number of nitrogens with zero attached hydrogens (tertiary/aromatic N) is 4. The Kier molecular flexibility index (Phi) is 5.19. The summed E-state index contributed by atoms with van der Waals surface area (Å²) in [4.78, 5) is 35.0. The molecular weight excluding hydrogens is 428 g/mol. The highest BCUT2D eigenvalue weighted by Gasteiger charge is 2.24. The lowest BCUT2D eigenvalue weighted by molar-refractivity contribution is 0.0748. The molecule has 162 valence electrons. The molecule has 1 aliphatic rings. The predicted molar refractivity (Wildman–Crippen MR) is 125 cm³/mol. The van der Waals surface area contributed by atoms with Gasteiger partial charge in [-0.1, -0.05) is 11.6 Å². The van der Waals surface area contributed by atoms with E-state index in [-0.39, 0.29) is 11.5 Å². The second-order valence-corrected chi connectivity index (χ2v) is 8.11. The first-order chi connectivity index (χ1) is 15.5. The first-order valence-corrected chi connectivity index (χ1v) is 10.7. The van der Waals surface area contributed by atoms with Gasteiger partial charge in [0, 0.05) is 43.1 Å². The number of carbonyl (C=O) groups excluding carboxylic acids is 1. The molecule has 1 aliphatic heterocycles. The Labute approximate surface area is 189 Å². The number of anilines is 1. The molecule has 0 atom stereocenters. The summed E-state index contributed by atoms with van der Waals surface area (Å²) in [5.41, 5.74) is 2.14. The van der Waals surface area contributed by atoms with E-state index in [1.807, 2.05) is 29.2 Å². The van der Waals surface area contributed by atoms with Crippen LogP contribution in [-0.2, 0) is 0 Å². The summed E-state index contributed by atoms with van der Waals surface area (Å²) in [5.74, 6) is 0.689. The molecule has 0 bridgehead atoms. The summed E-state index contributed by atoms with van der Waals surface area (Å²) in [6.07, 6.45) is 1.63. The third-order valence-electron chi connectivity index (χ3n) is 5.84. The third-order valence-corrected chi connectivity index (χ3v) is 6.07. The maximum Gasteiger partial charge on any atom is 0.265 e. The normalized spacial score (nSPS) is 14.2. The van der Waals surface area contributed by atoms with Gasteiger partial charge < -0.3 is 14.5 Å². The maximum atomic E-state index is 13.4.